The number of likely N-dealkylation sites (tertiary alicyclic amines) is 1. The molecule has 0 radical (unpaired) electrons. The lowest BCUT2D eigenvalue weighted by molar-refractivity contribution is 0.259. The molecule has 0 spiro atoms. The topological polar surface area (TPSA) is 44.7 Å². The molecular weight excluding hydrogens is 262 g/mol. The van der Waals surface area contributed by atoms with Gasteiger partial charge in [-0.15, -0.1) is 12.4 Å². The van der Waals surface area contributed by atoms with E-state index in [1.54, 1.807) is 0 Å². The molecule has 0 bridgehead atoms. The van der Waals surface area contributed by atoms with Crippen molar-refractivity contribution in [1.82, 2.24) is 4.90 Å². The number of benzene rings is 1. The molecule has 1 aliphatic heterocycles. The first kappa shape index (κ1) is 15.5. The molecule has 5 heteroatoms. The number of amidine groups is 1. The van der Waals surface area contributed by atoms with Gasteiger partial charge in [-0.1, -0.05) is 18.2 Å². The van der Waals surface area contributed by atoms with Gasteiger partial charge in [-0.2, -0.15) is 4.99 Å². The molecule has 2 rings (SSSR count). The molecule has 0 aliphatic carbocycles. The van der Waals surface area contributed by atoms with Crippen LogP contribution in [0.4, 0.5) is 10.5 Å². The minimum absolute atomic E-state index is 0. The van der Waals surface area contributed by atoms with Crippen molar-refractivity contribution in [3.05, 3.63) is 29.3 Å². The number of hydrogen-bond donors (Lipinski definition) is 1. The van der Waals surface area contributed by atoms with E-state index in [0.717, 1.165) is 42.0 Å². The zero-order valence-corrected chi connectivity index (χ0v) is 12.4. The fraction of sp³-hybridized carbons (Fsp3) is 0.429. The number of halogens is 1. The molecule has 19 heavy (non-hydrogen) atoms. The van der Waals surface area contributed by atoms with Gasteiger partial charge < -0.3 is 10.2 Å². The first-order valence-corrected chi connectivity index (χ1v) is 6.24. The van der Waals surface area contributed by atoms with E-state index < -0.39 is 0 Å². The van der Waals surface area contributed by atoms with Gasteiger partial charge in [-0.05, 0) is 31.4 Å². The predicted molar refractivity (Wildman–Crippen MR) is 81.5 cm³/mol. The molecular formula is C14H20ClN3O. The Morgan fingerprint density at radius 1 is 1.32 bits per heavy atom. The van der Waals surface area contributed by atoms with Crippen LogP contribution in [0.3, 0.4) is 0 Å². The normalized spacial score (nSPS) is 16.4. The average molecular weight is 282 g/mol. The lowest BCUT2D eigenvalue weighted by Gasteiger charge is -2.12. The van der Waals surface area contributed by atoms with Gasteiger partial charge in [0.05, 0.1) is 0 Å². The van der Waals surface area contributed by atoms with Crippen LogP contribution in [-0.4, -0.2) is 30.4 Å². The third-order valence-electron chi connectivity index (χ3n) is 3.28. The van der Waals surface area contributed by atoms with Gasteiger partial charge in [-0.25, -0.2) is 4.79 Å². The highest BCUT2D eigenvalue weighted by atomic mass is 35.5. The Morgan fingerprint density at radius 3 is 2.47 bits per heavy atom. The molecule has 4 nitrogen and oxygen atoms in total. The number of rotatable bonds is 1. The fourth-order valence-corrected chi connectivity index (χ4v) is 2.20. The number of hydrogen-bond acceptors (Lipinski definition) is 1. The highest BCUT2D eigenvalue weighted by Gasteiger charge is 2.16. The number of carbonyl (C=O) groups is 1. The van der Waals surface area contributed by atoms with Crippen LogP contribution in [0.5, 0.6) is 0 Å². The van der Waals surface area contributed by atoms with Crippen molar-refractivity contribution in [3.63, 3.8) is 0 Å². The Morgan fingerprint density at radius 2 is 1.95 bits per heavy atom. The van der Waals surface area contributed by atoms with Gasteiger partial charge in [0.25, 0.3) is 0 Å². The predicted octanol–water partition coefficient (Wildman–Crippen LogP) is 3.38. The summed E-state index contributed by atoms with van der Waals surface area (Å²) in [4.78, 5) is 18.1. The Balaban J connectivity index is 0.00000180. The quantitative estimate of drug-likeness (QED) is 0.858. The van der Waals surface area contributed by atoms with Crippen molar-refractivity contribution in [1.29, 1.82) is 0 Å². The molecule has 2 amide bonds. The van der Waals surface area contributed by atoms with Crippen molar-refractivity contribution in [2.24, 2.45) is 4.99 Å². The molecule has 1 saturated heterocycles. The van der Waals surface area contributed by atoms with E-state index in [9.17, 15) is 4.79 Å². The standard InChI is InChI=1S/C14H19N3O.ClH/c1-10-6-4-7-11(2)13(10)16-14(18)15-12-8-5-9-17(12)3;/h4,6-7H,5,8-9H2,1-3H3,(H,16,18);1H/b15-12-;. The summed E-state index contributed by atoms with van der Waals surface area (Å²) in [5, 5.41) is 2.87. The van der Waals surface area contributed by atoms with Crippen LogP contribution in [-0.2, 0) is 0 Å². The summed E-state index contributed by atoms with van der Waals surface area (Å²) in [6.45, 7) is 4.95. The summed E-state index contributed by atoms with van der Waals surface area (Å²) < 4.78 is 0. The number of aryl methyl sites for hydroxylation is 2. The second-order valence-electron chi connectivity index (χ2n) is 4.75. The number of aliphatic imine (C=N–C) groups is 1. The number of anilines is 1. The smallest absolute Gasteiger partial charge is 0.347 e. The summed E-state index contributed by atoms with van der Waals surface area (Å²) in [5.74, 6) is 0.874. The van der Waals surface area contributed by atoms with Gasteiger partial charge >= 0.3 is 6.03 Å². The van der Waals surface area contributed by atoms with Crippen molar-refractivity contribution < 1.29 is 4.79 Å². The summed E-state index contributed by atoms with van der Waals surface area (Å²) >= 11 is 0. The number of para-hydroxylation sites is 1. The van der Waals surface area contributed by atoms with Gasteiger partial charge in [0, 0.05) is 25.7 Å². The molecule has 1 fully saturated rings. The molecule has 0 saturated carbocycles. The SMILES string of the molecule is Cc1cccc(C)c1NC(=O)/N=C1/CCCN1C.Cl. The molecule has 1 aromatic carbocycles. The Kier molecular flexibility index (Phi) is 5.36. The van der Waals surface area contributed by atoms with E-state index in [0.29, 0.717) is 0 Å². The largest absolute Gasteiger partial charge is 0.363 e. The summed E-state index contributed by atoms with van der Waals surface area (Å²) in [7, 11) is 1.97. The molecule has 1 heterocycles. The Bertz CT molecular complexity index is 479. The lowest BCUT2D eigenvalue weighted by atomic mass is 10.1. The Hall–Kier alpha value is -1.55. The minimum Gasteiger partial charge on any atom is -0.363 e. The van der Waals surface area contributed by atoms with Gasteiger partial charge in [-0.3, -0.25) is 0 Å². The van der Waals surface area contributed by atoms with Crippen molar-refractivity contribution in [2.45, 2.75) is 26.7 Å². The van der Waals surface area contributed by atoms with E-state index in [1.165, 1.54) is 0 Å². The van der Waals surface area contributed by atoms with Crippen LogP contribution < -0.4 is 5.32 Å². The highest BCUT2D eigenvalue weighted by Crippen LogP contribution is 2.19. The summed E-state index contributed by atoms with van der Waals surface area (Å²) in [6, 6.07) is 5.67. The monoisotopic (exact) mass is 281 g/mol. The summed E-state index contributed by atoms with van der Waals surface area (Å²) in [6.07, 6.45) is 1.96. The van der Waals surface area contributed by atoms with E-state index >= 15 is 0 Å². The van der Waals surface area contributed by atoms with E-state index in [1.807, 2.05) is 44.0 Å². The van der Waals surface area contributed by atoms with E-state index in [2.05, 4.69) is 10.3 Å². The second-order valence-corrected chi connectivity index (χ2v) is 4.75. The first-order chi connectivity index (χ1) is 8.58. The molecule has 1 N–H and O–H groups in total. The first-order valence-electron chi connectivity index (χ1n) is 6.24. The average Bonchev–Trinajstić information content (AvgIpc) is 2.70. The molecule has 0 atom stereocenters. The minimum atomic E-state index is -0.281. The maximum Gasteiger partial charge on any atom is 0.347 e. The van der Waals surface area contributed by atoms with Gasteiger partial charge in [0.1, 0.15) is 5.84 Å². The molecule has 1 aliphatic rings. The number of amides is 2. The van der Waals surface area contributed by atoms with Gasteiger partial charge in [0.15, 0.2) is 0 Å². The number of urea groups is 1. The third-order valence-corrected chi connectivity index (χ3v) is 3.28. The van der Waals surface area contributed by atoms with Crippen LogP contribution in [0.15, 0.2) is 23.2 Å². The van der Waals surface area contributed by atoms with Crippen LogP contribution in [0.1, 0.15) is 24.0 Å². The molecule has 0 unspecified atom stereocenters. The lowest BCUT2D eigenvalue weighted by Crippen LogP contribution is -2.22. The number of carbonyl (C=O) groups excluding carboxylic acids is 1. The fourth-order valence-electron chi connectivity index (χ4n) is 2.20. The van der Waals surface area contributed by atoms with Crippen LogP contribution in [0, 0.1) is 13.8 Å². The number of nitrogens with zero attached hydrogens (tertiary/aromatic N) is 2. The summed E-state index contributed by atoms with van der Waals surface area (Å²) in [5.41, 5.74) is 2.99. The van der Waals surface area contributed by atoms with E-state index in [4.69, 9.17) is 0 Å². The van der Waals surface area contributed by atoms with Crippen LogP contribution >= 0.6 is 12.4 Å². The van der Waals surface area contributed by atoms with Gasteiger partial charge in [0.2, 0.25) is 0 Å². The van der Waals surface area contributed by atoms with Crippen molar-refractivity contribution >= 4 is 30.0 Å². The zero-order valence-electron chi connectivity index (χ0n) is 11.6. The Labute approximate surface area is 120 Å². The zero-order chi connectivity index (χ0) is 13.1. The van der Waals surface area contributed by atoms with E-state index in [-0.39, 0.29) is 18.4 Å². The van der Waals surface area contributed by atoms with Crippen LogP contribution in [0.2, 0.25) is 0 Å². The van der Waals surface area contributed by atoms with Crippen molar-refractivity contribution in [2.75, 3.05) is 18.9 Å². The third kappa shape index (κ3) is 3.70. The molecule has 104 valence electrons. The van der Waals surface area contributed by atoms with Crippen LogP contribution in [0.25, 0.3) is 0 Å². The molecule has 0 aromatic heterocycles. The number of nitrogens with one attached hydrogen (secondary N) is 1. The maximum atomic E-state index is 11.9. The maximum absolute atomic E-state index is 11.9. The molecule has 1 aromatic rings. The van der Waals surface area contributed by atoms with Crippen molar-refractivity contribution in [3.8, 4) is 0 Å². The highest BCUT2D eigenvalue weighted by molar-refractivity contribution is 6.01. The second kappa shape index (κ2) is 6.57.